The molecule has 1 aliphatic rings. The fourth-order valence-corrected chi connectivity index (χ4v) is 2.85. The predicted octanol–water partition coefficient (Wildman–Crippen LogP) is 5.73. The SMILES string of the molecule is CCCCCCCC(Cl)c1ccc2c(c1)OCC(C)CO2. The van der Waals surface area contributed by atoms with Crippen molar-refractivity contribution in [2.45, 2.75) is 57.7 Å². The third-order valence-electron chi connectivity index (χ3n) is 3.94. The average molecular weight is 311 g/mol. The van der Waals surface area contributed by atoms with E-state index in [1.165, 1.54) is 32.1 Å². The Morgan fingerprint density at radius 3 is 2.57 bits per heavy atom. The maximum atomic E-state index is 6.53. The molecule has 2 unspecified atom stereocenters. The van der Waals surface area contributed by atoms with Crippen LogP contribution in [0.3, 0.4) is 0 Å². The highest BCUT2D eigenvalue weighted by Gasteiger charge is 2.17. The fraction of sp³-hybridized carbons (Fsp3) is 0.667. The van der Waals surface area contributed by atoms with E-state index in [1.54, 1.807) is 0 Å². The molecule has 1 aromatic carbocycles. The normalized spacial score (nSPS) is 19.1. The molecule has 0 N–H and O–H groups in total. The van der Waals surface area contributed by atoms with Gasteiger partial charge in [0.2, 0.25) is 0 Å². The van der Waals surface area contributed by atoms with Crippen LogP contribution >= 0.6 is 11.6 Å². The fourth-order valence-electron chi connectivity index (χ4n) is 2.56. The highest BCUT2D eigenvalue weighted by molar-refractivity contribution is 6.20. The lowest BCUT2D eigenvalue weighted by atomic mass is 10.0. The number of halogens is 1. The maximum Gasteiger partial charge on any atom is 0.161 e. The number of benzene rings is 1. The van der Waals surface area contributed by atoms with Crippen LogP contribution in [0.2, 0.25) is 0 Å². The van der Waals surface area contributed by atoms with Gasteiger partial charge in [0, 0.05) is 5.92 Å². The molecular weight excluding hydrogens is 284 g/mol. The van der Waals surface area contributed by atoms with E-state index in [4.69, 9.17) is 21.1 Å². The summed E-state index contributed by atoms with van der Waals surface area (Å²) in [5, 5.41) is 0.0706. The molecule has 0 saturated carbocycles. The van der Waals surface area contributed by atoms with E-state index in [9.17, 15) is 0 Å². The van der Waals surface area contributed by atoms with Crippen LogP contribution < -0.4 is 9.47 Å². The van der Waals surface area contributed by atoms with Crippen molar-refractivity contribution in [3.8, 4) is 11.5 Å². The smallest absolute Gasteiger partial charge is 0.161 e. The monoisotopic (exact) mass is 310 g/mol. The Balaban J connectivity index is 1.88. The van der Waals surface area contributed by atoms with Gasteiger partial charge in [-0.25, -0.2) is 0 Å². The van der Waals surface area contributed by atoms with Crippen molar-refractivity contribution >= 4 is 11.6 Å². The predicted molar refractivity (Wildman–Crippen MR) is 88.6 cm³/mol. The Morgan fingerprint density at radius 1 is 1.10 bits per heavy atom. The van der Waals surface area contributed by atoms with Crippen LogP contribution in [0.25, 0.3) is 0 Å². The zero-order chi connectivity index (χ0) is 15.1. The van der Waals surface area contributed by atoms with E-state index < -0.39 is 0 Å². The Morgan fingerprint density at radius 2 is 1.81 bits per heavy atom. The van der Waals surface area contributed by atoms with E-state index in [2.05, 4.69) is 26.0 Å². The molecule has 2 rings (SSSR count). The Hall–Kier alpha value is -0.890. The molecule has 0 aromatic heterocycles. The van der Waals surface area contributed by atoms with Gasteiger partial charge in [-0.3, -0.25) is 0 Å². The van der Waals surface area contributed by atoms with Crippen LogP contribution in [0.1, 0.15) is 63.3 Å². The molecule has 1 heterocycles. The first-order chi connectivity index (χ1) is 10.2. The molecule has 3 heteroatoms. The van der Waals surface area contributed by atoms with Gasteiger partial charge in [0.15, 0.2) is 11.5 Å². The van der Waals surface area contributed by atoms with Crippen LogP contribution in [0.5, 0.6) is 11.5 Å². The van der Waals surface area contributed by atoms with Crippen molar-refractivity contribution in [3.05, 3.63) is 23.8 Å². The lowest BCUT2D eigenvalue weighted by Gasteiger charge is -2.13. The Kier molecular flexibility index (Phi) is 6.69. The first-order valence-electron chi connectivity index (χ1n) is 8.24. The minimum Gasteiger partial charge on any atom is -0.489 e. The summed E-state index contributed by atoms with van der Waals surface area (Å²) in [7, 11) is 0. The van der Waals surface area contributed by atoms with Gasteiger partial charge in [0.1, 0.15) is 0 Å². The largest absolute Gasteiger partial charge is 0.489 e. The van der Waals surface area contributed by atoms with Gasteiger partial charge in [0.25, 0.3) is 0 Å². The summed E-state index contributed by atoms with van der Waals surface area (Å²) in [6, 6.07) is 6.12. The van der Waals surface area contributed by atoms with Gasteiger partial charge in [-0.15, -0.1) is 11.6 Å². The van der Waals surface area contributed by atoms with Gasteiger partial charge in [-0.1, -0.05) is 52.0 Å². The zero-order valence-corrected chi connectivity index (χ0v) is 14.0. The molecule has 0 amide bonds. The van der Waals surface area contributed by atoms with E-state index in [1.807, 2.05) is 6.07 Å². The minimum atomic E-state index is 0.0706. The molecule has 1 aliphatic heterocycles. The number of ether oxygens (including phenoxy) is 2. The molecule has 0 radical (unpaired) electrons. The van der Waals surface area contributed by atoms with Crippen molar-refractivity contribution < 1.29 is 9.47 Å². The summed E-state index contributed by atoms with van der Waals surface area (Å²) in [6.45, 7) is 5.80. The maximum absolute atomic E-state index is 6.53. The second-order valence-corrected chi connectivity index (χ2v) is 6.63. The number of rotatable bonds is 7. The summed E-state index contributed by atoms with van der Waals surface area (Å²) in [5.74, 6) is 2.11. The van der Waals surface area contributed by atoms with Crippen LogP contribution in [0.15, 0.2) is 18.2 Å². The van der Waals surface area contributed by atoms with E-state index in [0.717, 1.165) is 23.5 Å². The van der Waals surface area contributed by atoms with Gasteiger partial charge in [-0.05, 0) is 24.1 Å². The lowest BCUT2D eigenvalue weighted by Crippen LogP contribution is -2.12. The molecule has 118 valence electrons. The molecule has 0 aliphatic carbocycles. The molecule has 1 aromatic rings. The topological polar surface area (TPSA) is 18.5 Å². The number of fused-ring (bicyclic) bond motifs is 1. The summed E-state index contributed by atoms with van der Waals surface area (Å²) < 4.78 is 11.6. The van der Waals surface area contributed by atoms with Crippen LogP contribution in [-0.4, -0.2) is 13.2 Å². The highest BCUT2D eigenvalue weighted by Crippen LogP contribution is 2.36. The van der Waals surface area contributed by atoms with Crippen molar-refractivity contribution in [2.75, 3.05) is 13.2 Å². The third kappa shape index (κ3) is 5.10. The molecule has 0 spiro atoms. The molecule has 21 heavy (non-hydrogen) atoms. The number of alkyl halides is 1. The standard InChI is InChI=1S/C18H27ClO2/c1-3-4-5-6-7-8-16(19)15-9-10-17-18(11-15)21-13-14(2)12-20-17/h9-11,14,16H,3-8,12-13H2,1-2H3. The summed E-state index contributed by atoms with van der Waals surface area (Å²) in [6.07, 6.45) is 7.43. The summed E-state index contributed by atoms with van der Waals surface area (Å²) >= 11 is 6.53. The zero-order valence-electron chi connectivity index (χ0n) is 13.2. The number of unbranched alkanes of at least 4 members (excludes halogenated alkanes) is 4. The van der Waals surface area contributed by atoms with Crippen molar-refractivity contribution in [1.82, 2.24) is 0 Å². The van der Waals surface area contributed by atoms with Crippen molar-refractivity contribution in [2.24, 2.45) is 5.92 Å². The van der Waals surface area contributed by atoms with Gasteiger partial charge < -0.3 is 9.47 Å². The molecule has 0 fully saturated rings. The average Bonchev–Trinajstić information content (AvgIpc) is 2.68. The van der Waals surface area contributed by atoms with E-state index in [-0.39, 0.29) is 5.38 Å². The minimum absolute atomic E-state index is 0.0706. The first-order valence-corrected chi connectivity index (χ1v) is 8.68. The van der Waals surface area contributed by atoms with Gasteiger partial charge in [-0.2, -0.15) is 0 Å². The molecule has 0 bridgehead atoms. The first kappa shape index (κ1) is 16.5. The molecule has 2 nitrogen and oxygen atoms in total. The summed E-state index contributed by atoms with van der Waals surface area (Å²) in [4.78, 5) is 0. The highest BCUT2D eigenvalue weighted by atomic mass is 35.5. The summed E-state index contributed by atoms with van der Waals surface area (Å²) in [5.41, 5.74) is 1.14. The van der Waals surface area contributed by atoms with Crippen LogP contribution in [-0.2, 0) is 0 Å². The van der Waals surface area contributed by atoms with Crippen molar-refractivity contribution in [3.63, 3.8) is 0 Å². The number of hydrogen-bond acceptors (Lipinski definition) is 2. The number of hydrogen-bond donors (Lipinski definition) is 0. The molecular formula is C18H27ClO2. The van der Waals surface area contributed by atoms with E-state index >= 15 is 0 Å². The van der Waals surface area contributed by atoms with Crippen LogP contribution in [0.4, 0.5) is 0 Å². The van der Waals surface area contributed by atoms with Gasteiger partial charge in [0.05, 0.1) is 18.6 Å². The molecule has 0 saturated heterocycles. The third-order valence-corrected chi connectivity index (χ3v) is 4.41. The second kappa shape index (κ2) is 8.53. The molecule has 2 atom stereocenters. The van der Waals surface area contributed by atoms with Crippen molar-refractivity contribution in [1.29, 1.82) is 0 Å². The Bertz CT molecular complexity index is 433. The quantitative estimate of drug-likeness (QED) is 0.472. The second-order valence-electron chi connectivity index (χ2n) is 6.10. The van der Waals surface area contributed by atoms with E-state index in [0.29, 0.717) is 19.1 Å². The Labute approximate surface area is 133 Å². The van der Waals surface area contributed by atoms with Crippen LogP contribution in [0, 0.1) is 5.92 Å². The lowest BCUT2D eigenvalue weighted by molar-refractivity contribution is 0.228. The van der Waals surface area contributed by atoms with Gasteiger partial charge >= 0.3 is 0 Å².